The van der Waals surface area contributed by atoms with Gasteiger partial charge >= 0.3 is 30.8 Å². The minimum atomic E-state index is -7.17. The van der Waals surface area contributed by atoms with Crippen molar-refractivity contribution < 1.29 is 51.9 Å². The summed E-state index contributed by atoms with van der Waals surface area (Å²) in [6.07, 6.45) is 0. The van der Waals surface area contributed by atoms with E-state index in [-0.39, 0.29) is 21.1 Å². The summed E-state index contributed by atoms with van der Waals surface area (Å²) in [6.45, 7) is 0. The fraction of sp³-hybridized carbons (Fsp3) is 0. The van der Waals surface area contributed by atoms with Crippen LogP contribution in [0.5, 0.6) is 0 Å². The van der Waals surface area contributed by atoms with Crippen LogP contribution >= 0.6 is 0 Å². The van der Waals surface area contributed by atoms with E-state index < -0.39 is 18.2 Å². The van der Waals surface area contributed by atoms with Gasteiger partial charge in [0.15, 0.2) is 0 Å². The first-order chi connectivity index (χ1) is 2.00. The molecule has 0 bridgehead atoms. The van der Waals surface area contributed by atoms with E-state index in [1.807, 2.05) is 0 Å². The number of rotatable bonds is 0. The van der Waals surface area contributed by atoms with Crippen LogP contribution in [0.25, 0.3) is 0 Å². The molecule has 0 saturated heterocycles. The molecule has 0 aromatic rings. The molecule has 6 heavy (non-hydrogen) atoms. The number of hydrogen-bond acceptors (Lipinski definition) is 0. The fourth-order valence-electron chi connectivity index (χ4n) is 0. The molecular weight excluding hydrogens is 444 g/mol. The molecule has 0 aliphatic rings. The SMILES string of the molecule is [F][W]([F])([F])[F].[W]. The van der Waals surface area contributed by atoms with Crippen LogP contribution < -0.4 is 0 Å². The van der Waals surface area contributed by atoms with E-state index in [9.17, 15) is 12.6 Å². The first-order valence-electron chi connectivity index (χ1n) is 0.617. The van der Waals surface area contributed by atoms with Crippen LogP contribution in [0.3, 0.4) is 0 Å². The normalized spacial score (nSPS) is 12.7. The summed E-state index contributed by atoms with van der Waals surface area (Å²) in [5, 5.41) is 0. The largest absolute Gasteiger partial charge is 0 e. The third kappa shape index (κ3) is 71.1. The molecule has 0 aliphatic carbocycles. The Morgan fingerprint density at radius 2 is 0.833 bits per heavy atom. The molecule has 0 heterocycles. The Kier molecular flexibility index (Phi) is 5.32. The van der Waals surface area contributed by atoms with Crippen molar-refractivity contribution in [3.63, 3.8) is 0 Å². The summed E-state index contributed by atoms with van der Waals surface area (Å²) in [6, 6.07) is 0. The molecular formula is F4W2. The van der Waals surface area contributed by atoms with Crippen LogP contribution in [0.1, 0.15) is 0 Å². The Morgan fingerprint density at radius 1 is 0.833 bits per heavy atom. The maximum Gasteiger partial charge on any atom is 0 e. The molecule has 0 rings (SSSR count). The molecule has 0 amide bonds. The molecule has 0 N–H and O–H groups in total. The molecule has 0 nitrogen and oxygen atoms in total. The molecule has 0 atom stereocenters. The van der Waals surface area contributed by atoms with Crippen molar-refractivity contribution >= 4 is 0 Å². The molecule has 40 valence electrons. The van der Waals surface area contributed by atoms with Gasteiger partial charge in [0, 0.05) is 21.1 Å². The smallest absolute Gasteiger partial charge is 0 e. The molecule has 0 aromatic heterocycles. The molecule has 0 unspecified atom stereocenters. The summed E-state index contributed by atoms with van der Waals surface area (Å²) < 4.78 is 39.6. The minimum Gasteiger partial charge on any atom is 0 e. The summed E-state index contributed by atoms with van der Waals surface area (Å²) in [5.41, 5.74) is 0. The maximum atomic E-state index is 9.90. The van der Waals surface area contributed by atoms with Crippen LogP contribution in [-0.2, 0) is 39.2 Å². The number of hydrogen-bond donors (Lipinski definition) is 0. The second-order valence-electron chi connectivity index (χ2n) is 0.350. The zero-order chi connectivity index (χ0) is 4.50. The van der Waals surface area contributed by atoms with Gasteiger partial charge in [0.25, 0.3) is 0 Å². The van der Waals surface area contributed by atoms with E-state index in [2.05, 4.69) is 0 Å². The van der Waals surface area contributed by atoms with Crippen LogP contribution in [-0.4, -0.2) is 0 Å². The van der Waals surface area contributed by atoms with Gasteiger partial charge in [-0.1, -0.05) is 0 Å². The van der Waals surface area contributed by atoms with Crippen LogP contribution in [0.15, 0.2) is 0 Å². The van der Waals surface area contributed by atoms with E-state index >= 15 is 0 Å². The molecule has 0 aliphatic heterocycles. The van der Waals surface area contributed by atoms with Gasteiger partial charge in [0.2, 0.25) is 0 Å². The molecule has 0 fully saturated rings. The van der Waals surface area contributed by atoms with Gasteiger partial charge < -0.3 is 0 Å². The van der Waals surface area contributed by atoms with Gasteiger partial charge in [0.1, 0.15) is 0 Å². The molecule has 6 heteroatoms. The van der Waals surface area contributed by atoms with Crippen molar-refractivity contribution in [2.45, 2.75) is 0 Å². The Hall–Kier alpha value is 1.10. The average Bonchev–Trinajstić information content (AvgIpc) is 0.722. The van der Waals surface area contributed by atoms with Crippen LogP contribution in [0.2, 0.25) is 0 Å². The zero-order valence-electron chi connectivity index (χ0n) is 2.33. The van der Waals surface area contributed by atoms with Gasteiger partial charge in [-0.05, 0) is 0 Å². The fourth-order valence-corrected chi connectivity index (χ4v) is 0. The molecule has 0 aromatic carbocycles. The van der Waals surface area contributed by atoms with E-state index in [0.29, 0.717) is 0 Å². The monoisotopic (exact) mass is 444 g/mol. The Labute approximate surface area is 52.0 Å². The van der Waals surface area contributed by atoms with E-state index in [1.165, 1.54) is 0 Å². The second kappa shape index (κ2) is 3.14. The summed E-state index contributed by atoms with van der Waals surface area (Å²) in [7, 11) is 0. The second-order valence-corrected chi connectivity index (χ2v) is 2.86. The van der Waals surface area contributed by atoms with E-state index in [1.54, 1.807) is 0 Å². The maximum absolute atomic E-state index is 9.90. The predicted molar refractivity (Wildman–Crippen MR) is 4.43 cm³/mol. The Balaban J connectivity index is 0. The van der Waals surface area contributed by atoms with Gasteiger partial charge in [-0.15, -0.1) is 0 Å². The average molecular weight is 444 g/mol. The van der Waals surface area contributed by atoms with E-state index in [0.717, 1.165) is 0 Å². The van der Waals surface area contributed by atoms with Gasteiger partial charge in [0.05, 0.1) is 0 Å². The topological polar surface area (TPSA) is 0 Å². The predicted octanol–water partition coefficient (Wildman–Crippen LogP) is 1.68. The molecule has 0 saturated carbocycles. The Morgan fingerprint density at radius 3 is 0.833 bits per heavy atom. The van der Waals surface area contributed by atoms with Crippen LogP contribution in [0, 0.1) is 0 Å². The minimum absolute atomic E-state index is 0. The van der Waals surface area contributed by atoms with Crippen molar-refractivity contribution in [3.8, 4) is 0 Å². The van der Waals surface area contributed by atoms with Gasteiger partial charge in [-0.2, -0.15) is 0 Å². The summed E-state index contributed by atoms with van der Waals surface area (Å²) in [5.74, 6) is 0. The zero-order valence-corrected chi connectivity index (χ0v) is 8.20. The van der Waals surface area contributed by atoms with Gasteiger partial charge in [-0.25, -0.2) is 0 Å². The van der Waals surface area contributed by atoms with Crippen molar-refractivity contribution in [1.82, 2.24) is 0 Å². The third-order valence-electron chi connectivity index (χ3n) is 0. The van der Waals surface area contributed by atoms with Gasteiger partial charge in [-0.3, -0.25) is 0 Å². The first-order valence-corrected chi connectivity index (χ1v) is 5.05. The standard InChI is InChI=1S/4FH.2W/h4*1H;;/q;;;;;+4/p-4. The van der Waals surface area contributed by atoms with Crippen molar-refractivity contribution in [2.24, 2.45) is 0 Å². The number of halogens is 4. The van der Waals surface area contributed by atoms with E-state index in [4.69, 9.17) is 0 Å². The van der Waals surface area contributed by atoms with Crippen molar-refractivity contribution in [2.75, 3.05) is 0 Å². The van der Waals surface area contributed by atoms with Crippen molar-refractivity contribution in [1.29, 1.82) is 0 Å². The van der Waals surface area contributed by atoms with Crippen molar-refractivity contribution in [3.05, 3.63) is 0 Å². The third-order valence-corrected chi connectivity index (χ3v) is 0. The van der Waals surface area contributed by atoms with Crippen LogP contribution in [0.4, 0.5) is 12.6 Å². The quantitative estimate of drug-likeness (QED) is 0.500. The molecule has 0 radical (unpaired) electrons. The Bertz CT molecular complexity index is 21.0. The molecule has 0 spiro atoms. The summed E-state index contributed by atoms with van der Waals surface area (Å²) in [4.78, 5) is 0. The first kappa shape index (κ1) is 10.2. The summed E-state index contributed by atoms with van der Waals surface area (Å²) >= 11 is -7.17.